The van der Waals surface area contributed by atoms with Crippen molar-refractivity contribution in [1.82, 2.24) is 5.32 Å². The number of rotatable bonds is 4. The van der Waals surface area contributed by atoms with Crippen LogP contribution < -0.4 is 5.32 Å². The summed E-state index contributed by atoms with van der Waals surface area (Å²) in [6.45, 7) is 2.64. The van der Waals surface area contributed by atoms with Gasteiger partial charge in [-0.2, -0.15) is 0 Å². The number of nitrogens with one attached hydrogen (secondary N) is 1. The van der Waals surface area contributed by atoms with Crippen molar-refractivity contribution in [2.75, 3.05) is 0 Å². The number of nitro benzene ring substituents is 1. The SMILES string of the molecule is CC1(NCc2c(Cl)cccc2[N+](=O)[O-])CCCCC1. The zero-order valence-corrected chi connectivity index (χ0v) is 11.9. The Morgan fingerprint density at radius 2 is 2.05 bits per heavy atom. The van der Waals surface area contributed by atoms with E-state index in [1.165, 1.54) is 25.3 Å². The number of halogens is 1. The van der Waals surface area contributed by atoms with Crippen molar-refractivity contribution in [3.63, 3.8) is 0 Å². The molecule has 0 amide bonds. The Hall–Kier alpha value is -1.13. The summed E-state index contributed by atoms with van der Waals surface area (Å²) in [4.78, 5) is 10.7. The summed E-state index contributed by atoms with van der Waals surface area (Å²) in [6, 6.07) is 4.83. The molecule has 0 bridgehead atoms. The molecule has 0 radical (unpaired) electrons. The van der Waals surface area contributed by atoms with Crippen molar-refractivity contribution in [3.05, 3.63) is 38.9 Å². The van der Waals surface area contributed by atoms with Crippen LogP contribution in [0.5, 0.6) is 0 Å². The number of nitrogens with zero attached hydrogens (tertiary/aromatic N) is 1. The molecular formula is C14H19ClN2O2. The van der Waals surface area contributed by atoms with Gasteiger partial charge < -0.3 is 5.32 Å². The third-order valence-electron chi connectivity index (χ3n) is 3.94. The van der Waals surface area contributed by atoms with E-state index in [2.05, 4.69) is 12.2 Å². The maximum atomic E-state index is 11.0. The second-order valence-corrected chi connectivity index (χ2v) is 5.88. The minimum Gasteiger partial charge on any atom is -0.307 e. The first-order valence-electron chi connectivity index (χ1n) is 6.69. The fraction of sp³-hybridized carbons (Fsp3) is 0.571. The first-order chi connectivity index (χ1) is 9.02. The standard InChI is InChI=1S/C14H19ClN2O2/c1-14(8-3-2-4-9-14)16-10-11-12(15)6-5-7-13(11)17(18)19/h5-7,16H,2-4,8-10H2,1H3. The lowest BCUT2D eigenvalue weighted by Crippen LogP contribution is -2.43. The topological polar surface area (TPSA) is 55.2 Å². The van der Waals surface area contributed by atoms with Gasteiger partial charge in [0.05, 0.1) is 15.5 Å². The molecule has 4 nitrogen and oxygen atoms in total. The van der Waals surface area contributed by atoms with Crippen molar-refractivity contribution >= 4 is 17.3 Å². The fourth-order valence-electron chi connectivity index (χ4n) is 2.70. The van der Waals surface area contributed by atoms with Crippen LogP contribution in [0.25, 0.3) is 0 Å². The maximum Gasteiger partial charge on any atom is 0.275 e. The molecule has 2 rings (SSSR count). The first-order valence-corrected chi connectivity index (χ1v) is 7.06. The molecule has 0 heterocycles. The average Bonchev–Trinajstić information content (AvgIpc) is 2.38. The minimum atomic E-state index is -0.369. The molecule has 1 fully saturated rings. The van der Waals surface area contributed by atoms with Gasteiger partial charge in [0.1, 0.15) is 0 Å². The summed E-state index contributed by atoms with van der Waals surface area (Å²) in [7, 11) is 0. The number of hydrogen-bond donors (Lipinski definition) is 1. The maximum absolute atomic E-state index is 11.0. The molecule has 104 valence electrons. The van der Waals surface area contributed by atoms with Crippen LogP contribution in [0.15, 0.2) is 18.2 Å². The smallest absolute Gasteiger partial charge is 0.275 e. The Labute approximate surface area is 118 Å². The molecule has 0 atom stereocenters. The van der Waals surface area contributed by atoms with Gasteiger partial charge in [0, 0.05) is 18.2 Å². The van der Waals surface area contributed by atoms with Crippen molar-refractivity contribution in [2.24, 2.45) is 0 Å². The molecule has 0 aromatic heterocycles. The lowest BCUT2D eigenvalue weighted by molar-refractivity contribution is -0.385. The Balaban J connectivity index is 2.12. The Morgan fingerprint density at radius 3 is 2.68 bits per heavy atom. The van der Waals surface area contributed by atoms with E-state index < -0.39 is 0 Å². The van der Waals surface area contributed by atoms with E-state index >= 15 is 0 Å². The highest BCUT2D eigenvalue weighted by Crippen LogP contribution is 2.30. The molecule has 5 heteroatoms. The van der Waals surface area contributed by atoms with Crippen LogP contribution in [0.3, 0.4) is 0 Å². The Bertz CT molecular complexity index is 471. The van der Waals surface area contributed by atoms with E-state index in [9.17, 15) is 10.1 Å². The van der Waals surface area contributed by atoms with Crippen molar-refractivity contribution < 1.29 is 4.92 Å². The molecular weight excluding hydrogens is 264 g/mol. The first kappa shape index (κ1) is 14.3. The molecule has 1 N–H and O–H groups in total. The highest BCUT2D eigenvalue weighted by molar-refractivity contribution is 6.31. The van der Waals surface area contributed by atoms with Crippen LogP contribution in [-0.4, -0.2) is 10.5 Å². The van der Waals surface area contributed by atoms with Crippen LogP contribution in [0.4, 0.5) is 5.69 Å². The van der Waals surface area contributed by atoms with Gasteiger partial charge >= 0.3 is 0 Å². The molecule has 0 aliphatic heterocycles. The largest absolute Gasteiger partial charge is 0.307 e. The summed E-state index contributed by atoms with van der Waals surface area (Å²) < 4.78 is 0. The number of nitro groups is 1. The van der Waals surface area contributed by atoms with E-state index in [0.717, 1.165) is 12.8 Å². The Kier molecular flexibility index (Phi) is 4.42. The average molecular weight is 283 g/mol. The fourth-order valence-corrected chi connectivity index (χ4v) is 2.94. The van der Waals surface area contributed by atoms with Crippen LogP contribution in [-0.2, 0) is 6.54 Å². The van der Waals surface area contributed by atoms with Gasteiger partial charge in [0.2, 0.25) is 0 Å². The summed E-state index contributed by atoms with van der Waals surface area (Å²) in [5, 5.41) is 14.9. The molecule has 1 aromatic rings. The second kappa shape index (κ2) is 5.88. The highest BCUT2D eigenvalue weighted by atomic mass is 35.5. The van der Waals surface area contributed by atoms with Gasteiger partial charge in [-0.25, -0.2) is 0 Å². The molecule has 0 saturated heterocycles. The molecule has 0 unspecified atom stereocenters. The van der Waals surface area contributed by atoms with Gasteiger partial charge in [-0.3, -0.25) is 10.1 Å². The van der Waals surface area contributed by atoms with Gasteiger partial charge in [-0.1, -0.05) is 36.9 Å². The predicted molar refractivity (Wildman–Crippen MR) is 76.4 cm³/mol. The molecule has 1 saturated carbocycles. The number of benzene rings is 1. The third kappa shape index (κ3) is 3.45. The molecule has 1 aliphatic carbocycles. The summed E-state index contributed by atoms with van der Waals surface area (Å²) in [6.07, 6.45) is 5.95. The normalized spacial score (nSPS) is 18.2. The number of hydrogen-bond acceptors (Lipinski definition) is 3. The van der Waals surface area contributed by atoms with Crippen molar-refractivity contribution in [3.8, 4) is 0 Å². The molecule has 0 spiro atoms. The van der Waals surface area contributed by atoms with E-state index in [1.807, 2.05) is 0 Å². The zero-order valence-electron chi connectivity index (χ0n) is 11.1. The van der Waals surface area contributed by atoms with Gasteiger partial charge in [0.15, 0.2) is 0 Å². The minimum absolute atomic E-state index is 0.0747. The van der Waals surface area contributed by atoms with Gasteiger partial charge in [-0.15, -0.1) is 0 Å². The van der Waals surface area contributed by atoms with Crippen LogP contribution >= 0.6 is 11.6 Å². The van der Waals surface area contributed by atoms with Crippen molar-refractivity contribution in [1.29, 1.82) is 0 Å². The highest BCUT2D eigenvalue weighted by Gasteiger charge is 2.27. The predicted octanol–water partition coefficient (Wildman–Crippen LogP) is 4.06. The Morgan fingerprint density at radius 1 is 1.37 bits per heavy atom. The third-order valence-corrected chi connectivity index (χ3v) is 4.29. The summed E-state index contributed by atoms with van der Waals surface area (Å²) >= 11 is 6.09. The van der Waals surface area contributed by atoms with E-state index in [4.69, 9.17) is 11.6 Å². The van der Waals surface area contributed by atoms with Gasteiger partial charge in [0.25, 0.3) is 5.69 Å². The van der Waals surface area contributed by atoms with Crippen LogP contribution in [0.2, 0.25) is 5.02 Å². The summed E-state index contributed by atoms with van der Waals surface area (Å²) in [5.74, 6) is 0. The van der Waals surface area contributed by atoms with E-state index in [-0.39, 0.29) is 16.1 Å². The molecule has 19 heavy (non-hydrogen) atoms. The monoisotopic (exact) mass is 282 g/mol. The lowest BCUT2D eigenvalue weighted by Gasteiger charge is -2.34. The quantitative estimate of drug-likeness (QED) is 0.669. The van der Waals surface area contributed by atoms with Crippen molar-refractivity contribution in [2.45, 2.75) is 51.1 Å². The summed E-state index contributed by atoms with van der Waals surface area (Å²) in [5.41, 5.74) is 0.756. The lowest BCUT2D eigenvalue weighted by atomic mass is 9.83. The van der Waals surface area contributed by atoms with Gasteiger partial charge in [-0.05, 0) is 25.8 Å². The zero-order chi connectivity index (χ0) is 13.9. The van der Waals surface area contributed by atoms with E-state index in [0.29, 0.717) is 17.1 Å². The molecule has 1 aliphatic rings. The van der Waals surface area contributed by atoms with E-state index in [1.54, 1.807) is 12.1 Å². The second-order valence-electron chi connectivity index (χ2n) is 5.47. The van der Waals surface area contributed by atoms with Crippen LogP contribution in [0.1, 0.15) is 44.6 Å². The van der Waals surface area contributed by atoms with Crippen LogP contribution in [0, 0.1) is 10.1 Å². The molecule has 1 aromatic carbocycles.